The molecule has 1 amide bonds. The van der Waals surface area contributed by atoms with E-state index in [-0.39, 0.29) is 10.8 Å². The van der Waals surface area contributed by atoms with Crippen LogP contribution in [0.1, 0.15) is 10.4 Å². The lowest BCUT2D eigenvalue weighted by Gasteiger charge is -2.08. The molecule has 0 radical (unpaired) electrons. The largest absolute Gasteiger partial charge is 0.506 e. The lowest BCUT2D eigenvalue weighted by molar-refractivity contribution is 0.102. The van der Waals surface area contributed by atoms with E-state index in [1.807, 2.05) is 0 Å². The fraction of sp³-hybridized carbons (Fsp3) is 0. The number of nitrogens with two attached hydrogens (primary N) is 1. The van der Waals surface area contributed by atoms with Crippen molar-refractivity contribution < 1.29 is 9.90 Å². The molecule has 0 aromatic heterocycles. The predicted molar refractivity (Wildman–Crippen MR) is 76.9 cm³/mol. The van der Waals surface area contributed by atoms with Crippen LogP contribution in [-0.4, -0.2) is 11.0 Å². The molecule has 6 heteroatoms. The number of halogens is 2. The molecule has 4 nitrogen and oxygen atoms in total. The van der Waals surface area contributed by atoms with Crippen LogP contribution in [0.2, 0.25) is 10.0 Å². The molecular formula is C13H10Cl2N2O2. The highest BCUT2D eigenvalue weighted by Gasteiger charge is 2.10. The Bertz CT molecular complexity index is 645. The van der Waals surface area contributed by atoms with E-state index in [1.165, 1.54) is 18.2 Å². The number of nitrogen functional groups attached to an aromatic ring is 1. The van der Waals surface area contributed by atoms with Crippen molar-refractivity contribution in [2.75, 3.05) is 11.1 Å². The molecule has 19 heavy (non-hydrogen) atoms. The first-order valence-corrected chi connectivity index (χ1v) is 6.08. The summed E-state index contributed by atoms with van der Waals surface area (Å²) in [7, 11) is 0. The van der Waals surface area contributed by atoms with E-state index in [0.29, 0.717) is 22.0 Å². The molecule has 0 bridgehead atoms. The van der Waals surface area contributed by atoms with Gasteiger partial charge in [-0.25, -0.2) is 0 Å². The van der Waals surface area contributed by atoms with Crippen LogP contribution in [0.4, 0.5) is 11.4 Å². The third kappa shape index (κ3) is 3.10. The fourth-order valence-electron chi connectivity index (χ4n) is 1.48. The number of carbonyl (C=O) groups is 1. The standard InChI is InChI=1S/C13H10Cl2N2O2/c14-9-3-2-8(16)6-11(9)17-13(19)7-1-4-12(18)10(15)5-7/h1-6,18H,16H2,(H,17,19). The zero-order chi connectivity index (χ0) is 14.0. The average Bonchev–Trinajstić information content (AvgIpc) is 2.37. The third-order valence-corrected chi connectivity index (χ3v) is 3.08. The van der Waals surface area contributed by atoms with Gasteiger partial charge in [0.1, 0.15) is 5.75 Å². The molecule has 2 aromatic rings. The average molecular weight is 297 g/mol. The normalized spacial score (nSPS) is 10.2. The molecule has 0 spiro atoms. The van der Waals surface area contributed by atoms with E-state index in [9.17, 15) is 9.90 Å². The van der Waals surface area contributed by atoms with Gasteiger partial charge in [-0.05, 0) is 36.4 Å². The summed E-state index contributed by atoms with van der Waals surface area (Å²) in [4.78, 5) is 12.0. The van der Waals surface area contributed by atoms with Crippen molar-refractivity contribution in [2.24, 2.45) is 0 Å². The molecule has 0 unspecified atom stereocenters. The van der Waals surface area contributed by atoms with E-state index in [1.54, 1.807) is 18.2 Å². The molecule has 0 fully saturated rings. The zero-order valence-corrected chi connectivity index (χ0v) is 11.2. The van der Waals surface area contributed by atoms with Crippen LogP contribution in [0.5, 0.6) is 5.75 Å². The predicted octanol–water partition coefficient (Wildman–Crippen LogP) is 3.53. The molecule has 2 aromatic carbocycles. The van der Waals surface area contributed by atoms with Crippen molar-refractivity contribution in [1.29, 1.82) is 0 Å². The highest BCUT2D eigenvalue weighted by Crippen LogP contribution is 2.26. The van der Waals surface area contributed by atoms with Crippen molar-refractivity contribution in [3.05, 3.63) is 52.0 Å². The van der Waals surface area contributed by atoms with Crippen LogP contribution >= 0.6 is 23.2 Å². The van der Waals surface area contributed by atoms with Crippen LogP contribution in [0.3, 0.4) is 0 Å². The maximum Gasteiger partial charge on any atom is 0.255 e. The number of amides is 1. The van der Waals surface area contributed by atoms with Crippen LogP contribution in [0.25, 0.3) is 0 Å². The number of aromatic hydroxyl groups is 1. The Hall–Kier alpha value is -1.91. The zero-order valence-electron chi connectivity index (χ0n) is 9.65. The molecule has 0 atom stereocenters. The summed E-state index contributed by atoms with van der Waals surface area (Å²) >= 11 is 11.7. The fourth-order valence-corrected chi connectivity index (χ4v) is 1.83. The van der Waals surface area contributed by atoms with Crippen molar-refractivity contribution in [3.8, 4) is 5.75 Å². The first-order valence-electron chi connectivity index (χ1n) is 5.32. The maximum absolute atomic E-state index is 12.0. The van der Waals surface area contributed by atoms with Crippen molar-refractivity contribution in [2.45, 2.75) is 0 Å². The van der Waals surface area contributed by atoms with E-state index in [0.717, 1.165) is 0 Å². The number of hydrogen-bond acceptors (Lipinski definition) is 3. The van der Waals surface area contributed by atoms with Gasteiger partial charge in [0, 0.05) is 11.3 Å². The Kier molecular flexibility index (Phi) is 3.83. The molecule has 0 aliphatic heterocycles. The van der Waals surface area contributed by atoms with Gasteiger partial charge in [0.2, 0.25) is 0 Å². The molecule has 0 saturated heterocycles. The Morgan fingerprint density at radius 1 is 1.11 bits per heavy atom. The highest BCUT2D eigenvalue weighted by atomic mass is 35.5. The van der Waals surface area contributed by atoms with E-state index < -0.39 is 5.91 Å². The van der Waals surface area contributed by atoms with Gasteiger partial charge in [-0.2, -0.15) is 0 Å². The summed E-state index contributed by atoms with van der Waals surface area (Å²) in [5.74, 6) is -0.477. The van der Waals surface area contributed by atoms with Gasteiger partial charge in [-0.1, -0.05) is 23.2 Å². The van der Waals surface area contributed by atoms with Crippen LogP contribution < -0.4 is 11.1 Å². The van der Waals surface area contributed by atoms with E-state index >= 15 is 0 Å². The smallest absolute Gasteiger partial charge is 0.255 e. The number of nitrogens with one attached hydrogen (secondary N) is 1. The van der Waals surface area contributed by atoms with Crippen molar-refractivity contribution >= 4 is 40.5 Å². The van der Waals surface area contributed by atoms with Gasteiger partial charge in [0.25, 0.3) is 5.91 Å². The Labute approximate surface area is 119 Å². The molecule has 4 N–H and O–H groups in total. The van der Waals surface area contributed by atoms with E-state index in [4.69, 9.17) is 28.9 Å². The lowest BCUT2D eigenvalue weighted by Crippen LogP contribution is -2.12. The van der Waals surface area contributed by atoms with Gasteiger partial charge in [0.15, 0.2) is 0 Å². The molecule has 2 rings (SSSR count). The Morgan fingerprint density at radius 2 is 1.84 bits per heavy atom. The maximum atomic E-state index is 12.0. The number of rotatable bonds is 2. The summed E-state index contributed by atoms with van der Waals surface area (Å²) in [6.07, 6.45) is 0. The summed E-state index contributed by atoms with van der Waals surface area (Å²) in [5.41, 5.74) is 6.83. The highest BCUT2D eigenvalue weighted by molar-refractivity contribution is 6.34. The van der Waals surface area contributed by atoms with E-state index in [2.05, 4.69) is 5.32 Å². The molecule has 98 valence electrons. The molecule has 0 aliphatic carbocycles. The molecule has 0 aliphatic rings. The van der Waals surface area contributed by atoms with Gasteiger partial charge < -0.3 is 16.2 Å². The molecule has 0 heterocycles. The van der Waals surface area contributed by atoms with Gasteiger partial charge in [-0.15, -0.1) is 0 Å². The molecular weight excluding hydrogens is 287 g/mol. The number of anilines is 2. The SMILES string of the molecule is Nc1ccc(Cl)c(NC(=O)c2ccc(O)c(Cl)c2)c1. The summed E-state index contributed by atoms with van der Waals surface area (Å²) < 4.78 is 0. The monoisotopic (exact) mass is 296 g/mol. The number of phenolic OH excluding ortho intramolecular Hbond substituents is 1. The number of phenols is 1. The minimum Gasteiger partial charge on any atom is -0.506 e. The number of hydrogen-bond donors (Lipinski definition) is 3. The van der Waals surface area contributed by atoms with Gasteiger partial charge >= 0.3 is 0 Å². The number of benzene rings is 2. The summed E-state index contributed by atoms with van der Waals surface area (Å²) in [6, 6.07) is 8.95. The quantitative estimate of drug-likeness (QED) is 0.742. The topological polar surface area (TPSA) is 75.3 Å². The van der Waals surface area contributed by atoms with Crippen molar-refractivity contribution in [1.82, 2.24) is 0 Å². The summed E-state index contributed by atoms with van der Waals surface area (Å²) in [6.45, 7) is 0. The van der Waals surface area contributed by atoms with Gasteiger partial charge in [0.05, 0.1) is 15.7 Å². The molecule has 0 saturated carbocycles. The Balaban J connectivity index is 2.25. The first kappa shape index (κ1) is 13.5. The second-order valence-electron chi connectivity index (χ2n) is 3.86. The minimum atomic E-state index is -0.394. The minimum absolute atomic E-state index is 0.0831. The lowest BCUT2D eigenvalue weighted by atomic mass is 10.2. The second-order valence-corrected chi connectivity index (χ2v) is 4.67. The van der Waals surface area contributed by atoms with Crippen LogP contribution in [0.15, 0.2) is 36.4 Å². The van der Waals surface area contributed by atoms with Crippen molar-refractivity contribution in [3.63, 3.8) is 0 Å². The van der Waals surface area contributed by atoms with Crippen LogP contribution in [0, 0.1) is 0 Å². The van der Waals surface area contributed by atoms with Gasteiger partial charge in [-0.3, -0.25) is 4.79 Å². The Morgan fingerprint density at radius 3 is 2.53 bits per heavy atom. The summed E-state index contributed by atoms with van der Waals surface area (Å²) in [5, 5.41) is 12.4. The number of carbonyl (C=O) groups excluding carboxylic acids is 1. The third-order valence-electron chi connectivity index (χ3n) is 2.45. The first-order chi connectivity index (χ1) is 8.97. The van der Waals surface area contributed by atoms with Crippen LogP contribution in [-0.2, 0) is 0 Å². The second kappa shape index (κ2) is 5.38.